The molecule has 8 nitrogen and oxygen atoms in total. The number of anilines is 1. The molecule has 0 aromatic carbocycles. The van der Waals surface area contributed by atoms with Crippen molar-refractivity contribution in [3.8, 4) is 11.4 Å². The molecule has 4 rings (SSSR count). The van der Waals surface area contributed by atoms with Gasteiger partial charge in [0.2, 0.25) is 11.8 Å². The molecule has 0 amide bonds. The lowest BCUT2D eigenvalue weighted by Gasteiger charge is -2.33. The van der Waals surface area contributed by atoms with E-state index in [0.717, 1.165) is 49.3 Å². The zero-order chi connectivity index (χ0) is 18.6. The number of piperazine rings is 1. The van der Waals surface area contributed by atoms with E-state index in [9.17, 15) is 0 Å². The van der Waals surface area contributed by atoms with Gasteiger partial charge in [0.25, 0.3) is 0 Å². The fraction of sp³-hybridized carbons (Fsp3) is 0.421. The fourth-order valence-electron chi connectivity index (χ4n) is 3.02. The first-order chi connectivity index (χ1) is 13.2. The largest absolute Gasteiger partial charge is 0.338 e. The van der Waals surface area contributed by atoms with Crippen LogP contribution >= 0.6 is 0 Å². The number of nitrogens with zero attached hydrogens (tertiary/aromatic N) is 7. The van der Waals surface area contributed by atoms with E-state index in [2.05, 4.69) is 43.8 Å². The number of rotatable bonds is 5. The maximum Gasteiger partial charge on any atom is 0.240 e. The first-order valence-corrected chi connectivity index (χ1v) is 9.23. The van der Waals surface area contributed by atoms with Gasteiger partial charge >= 0.3 is 0 Å². The van der Waals surface area contributed by atoms with Gasteiger partial charge in [-0.3, -0.25) is 9.88 Å². The minimum absolute atomic E-state index is 0.280. The van der Waals surface area contributed by atoms with Gasteiger partial charge in [-0.25, -0.2) is 9.97 Å². The van der Waals surface area contributed by atoms with Gasteiger partial charge in [-0.1, -0.05) is 25.1 Å². The molecule has 0 N–H and O–H groups in total. The zero-order valence-electron chi connectivity index (χ0n) is 15.6. The van der Waals surface area contributed by atoms with Gasteiger partial charge in [0.15, 0.2) is 5.82 Å². The van der Waals surface area contributed by atoms with Crippen molar-refractivity contribution in [2.45, 2.75) is 26.3 Å². The van der Waals surface area contributed by atoms with E-state index < -0.39 is 0 Å². The molecule has 3 aromatic heterocycles. The number of hydrogen-bond donors (Lipinski definition) is 0. The van der Waals surface area contributed by atoms with Crippen LogP contribution < -0.4 is 4.90 Å². The lowest BCUT2D eigenvalue weighted by molar-refractivity contribution is 0.214. The van der Waals surface area contributed by atoms with Gasteiger partial charge in [0.1, 0.15) is 0 Å². The maximum atomic E-state index is 5.36. The normalized spacial score (nSPS) is 15.4. The minimum Gasteiger partial charge on any atom is -0.338 e. The molecule has 140 valence electrons. The molecule has 0 aliphatic carbocycles. The van der Waals surface area contributed by atoms with Crippen LogP contribution in [0.15, 0.2) is 41.2 Å². The van der Waals surface area contributed by atoms with Crippen molar-refractivity contribution in [2.75, 3.05) is 31.1 Å². The SMILES string of the molecule is CC(C)c1noc(CN2CCN(c3nccc(-c4ccccn4)n3)CC2)n1. The Morgan fingerprint density at radius 1 is 0.963 bits per heavy atom. The van der Waals surface area contributed by atoms with Crippen LogP contribution in [0.4, 0.5) is 5.95 Å². The molecule has 0 unspecified atom stereocenters. The molecule has 1 saturated heterocycles. The molecule has 8 heteroatoms. The van der Waals surface area contributed by atoms with Gasteiger partial charge in [-0.2, -0.15) is 4.98 Å². The van der Waals surface area contributed by atoms with E-state index in [1.165, 1.54) is 0 Å². The smallest absolute Gasteiger partial charge is 0.240 e. The Hall–Kier alpha value is -2.87. The Labute approximate surface area is 158 Å². The van der Waals surface area contributed by atoms with Crippen LogP contribution in [0.5, 0.6) is 0 Å². The molecule has 27 heavy (non-hydrogen) atoms. The number of pyridine rings is 1. The second-order valence-corrected chi connectivity index (χ2v) is 6.92. The lowest BCUT2D eigenvalue weighted by atomic mass is 10.2. The molecule has 0 saturated carbocycles. The van der Waals surface area contributed by atoms with Crippen molar-refractivity contribution in [3.05, 3.63) is 48.4 Å². The number of aromatic nitrogens is 5. The summed E-state index contributed by atoms with van der Waals surface area (Å²) in [6.07, 6.45) is 3.57. The summed E-state index contributed by atoms with van der Waals surface area (Å²) < 4.78 is 5.36. The molecule has 1 aliphatic rings. The molecule has 4 heterocycles. The van der Waals surface area contributed by atoms with E-state index in [4.69, 9.17) is 9.51 Å². The molecule has 1 fully saturated rings. The summed E-state index contributed by atoms with van der Waals surface area (Å²) in [5.74, 6) is 2.48. The Balaban J connectivity index is 1.38. The molecule has 0 atom stereocenters. The van der Waals surface area contributed by atoms with Crippen molar-refractivity contribution in [3.63, 3.8) is 0 Å². The summed E-state index contributed by atoms with van der Waals surface area (Å²) in [5.41, 5.74) is 1.70. The molecule has 0 spiro atoms. The van der Waals surface area contributed by atoms with Crippen LogP contribution in [0.2, 0.25) is 0 Å². The van der Waals surface area contributed by atoms with Crippen molar-refractivity contribution >= 4 is 5.95 Å². The second kappa shape index (κ2) is 7.79. The Bertz CT molecular complexity index is 873. The Kier molecular flexibility index (Phi) is 5.06. The van der Waals surface area contributed by atoms with Crippen molar-refractivity contribution < 1.29 is 4.52 Å². The van der Waals surface area contributed by atoms with Crippen LogP contribution in [0.25, 0.3) is 11.4 Å². The lowest BCUT2D eigenvalue weighted by Crippen LogP contribution is -2.46. The van der Waals surface area contributed by atoms with E-state index >= 15 is 0 Å². The highest BCUT2D eigenvalue weighted by molar-refractivity contribution is 5.55. The van der Waals surface area contributed by atoms with Crippen molar-refractivity contribution in [1.82, 2.24) is 30.0 Å². The summed E-state index contributed by atoms with van der Waals surface area (Å²) in [6, 6.07) is 7.72. The van der Waals surface area contributed by atoms with Crippen LogP contribution in [-0.2, 0) is 6.54 Å². The summed E-state index contributed by atoms with van der Waals surface area (Å²) >= 11 is 0. The van der Waals surface area contributed by atoms with Gasteiger partial charge in [-0.05, 0) is 18.2 Å². The van der Waals surface area contributed by atoms with Crippen LogP contribution in [-0.4, -0.2) is 56.2 Å². The first-order valence-electron chi connectivity index (χ1n) is 9.23. The topological polar surface area (TPSA) is 84.1 Å². The molecule has 3 aromatic rings. The molecular formula is C19H23N7O. The van der Waals surface area contributed by atoms with Gasteiger partial charge in [0, 0.05) is 44.5 Å². The summed E-state index contributed by atoms with van der Waals surface area (Å²) in [5, 5.41) is 4.03. The van der Waals surface area contributed by atoms with Crippen LogP contribution in [0.3, 0.4) is 0 Å². The third kappa shape index (κ3) is 4.11. The average molecular weight is 365 g/mol. The van der Waals surface area contributed by atoms with Crippen molar-refractivity contribution in [1.29, 1.82) is 0 Å². The van der Waals surface area contributed by atoms with E-state index in [1.807, 2.05) is 24.3 Å². The molecule has 0 radical (unpaired) electrons. The first kappa shape index (κ1) is 17.5. The van der Waals surface area contributed by atoms with Crippen LogP contribution in [0.1, 0.15) is 31.5 Å². The average Bonchev–Trinajstić information content (AvgIpc) is 3.18. The quantitative estimate of drug-likeness (QED) is 0.681. The summed E-state index contributed by atoms with van der Waals surface area (Å²) in [7, 11) is 0. The maximum absolute atomic E-state index is 5.36. The predicted molar refractivity (Wildman–Crippen MR) is 101 cm³/mol. The highest BCUT2D eigenvalue weighted by Gasteiger charge is 2.21. The van der Waals surface area contributed by atoms with E-state index in [0.29, 0.717) is 12.4 Å². The monoisotopic (exact) mass is 365 g/mol. The summed E-state index contributed by atoms with van der Waals surface area (Å²) in [4.78, 5) is 22.5. The molecular weight excluding hydrogens is 342 g/mol. The van der Waals surface area contributed by atoms with Gasteiger partial charge < -0.3 is 9.42 Å². The van der Waals surface area contributed by atoms with Crippen LogP contribution in [0, 0.1) is 0 Å². The zero-order valence-corrected chi connectivity index (χ0v) is 15.6. The molecule has 0 bridgehead atoms. The van der Waals surface area contributed by atoms with Gasteiger partial charge in [0.05, 0.1) is 17.9 Å². The Morgan fingerprint density at radius 3 is 2.52 bits per heavy atom. The second-order valence-electron chi connectivity index (χ2n) is 6.92. The fourth-order valence-corrected chi connectivity index (χ4v) is 3.02. The van der Waals surface area contributed by atoms with Crippen molar-refractivity contribution in [2.24, 2.45) is 0 Å². The summed E-state index contributed by atoms with van der Waals surface area (Å²) in [6.45, 7) is 8.32. The highest BCUT2D eigenvalue weighted by atomic mass is 16.5. The van der Waals surface area contributed by atoms with E-state index in [1.54, 1.807) is 12.4 Å². The highest BCUT2D eigenvalue weighted by Crippen LogP contribution is 2.18. The van der Waals surface area contributed by atoms with Gasteiger partial charge in [-0.15, -0.1) is 0 Å². The standard InChI is InChI=1S/C19H23N7O/c1-14(2)18-23-17(27-24-18)13-25-9-11-26(12-10-25)19-21-8-6-16(22-19)15-5-3-4-7-20-15/h3-8,14H,9-13H2,1-2H3. The van der Waals surface area contributed by atoms with E-state index in [-0.39, 0.29) is 5.92 Å². The predicted octanol–water partition coefficient (Wildman–Crippen LogP) is 2.37. The Morgan fingerprint density at radius 2 is 1.81 bits per heavy atom. The number of hydrogen-bond acceptors (Lipinski definition) is 8. The third-order valence-corrected chi connectivity index (χ3v) is 4.58. The third-order valence-electron chi connectivity index (χ3n) is 4.58. The molecule has 1 aliphatic heterocycles. The minimum atomic E-state index is 0.280.